The number of aromatic nitrogens is 1. The zero-order valence-corrected chi connectivity index (χ0v) is 15.4. The zero-order chi connectivity index (χ0) is 19.0. The number of hydrogen-bond donors (Lipinski definition) is 0. The number of fused-ring (bicyclic) bond motifs is 1. The molecule has 27 heavy (non-hydrogen) atoms. The van der Waals surface area contributed by atoms with Crippen LogP contribution in [0.4, 0.5) is 0 Å². The van der Waals surface area contributed by atoms with E-state index in [-0.39, 0.29) is 17.6 Å². The third kappa shape index (κ3) is 3.30. The predicted octanol–water partition coefficient (Wildman–Crippen LogP) is 3.01. The van der Waals surface area contributed by atoms with Crippen LogP contribution in [-0.4, -0.2) is 46.2 Å². The number of carbonyl (C=O) groups excluding carboxylic acids is 2. The van der Waals surface area contributed by atoms with Gasteiger partial charge in [0.2, 0.25) is 5.91 Å². The minimum absolute atomic E-state index is 0.0280. The van der Waals surface area contributed by atoms with Crippen LogP contribution in [0.2, 0.25) is 0 Å². The van der Waals surface area contributed by atoms with Gasteiger partial charge in [-0.25, -0.2) is 4.98 Å². The van der Waals surface area contributed by atoms with E-state index in [4.69, 9.17) is 4.42 Å². The molecule has 0 aliphatic carbocycles. The van der Waals surface area contributed by atoms with Crippen molar-refractivity contribution >= 4 is 22.9 Å². The quantitative estimate of drug-likeness (QED) is 0.715. The molecule has 0 N–H and O–H groups in total. The summed E-state index contributed by atoms with van der Waals surface area (Å²) in [7, 11) is 1.66. The van der Waals surface area contributed by atoms with E-state index >= 15 is 0 Å². The maximum Gasteiger partial charge on any atom is 0.290 e. The molecule has 6 heteroatoms. The van der Waals surface area contributed by atoms with Crippen molar-refractivity contribution in [2.45, 2.75) is 25.9 Å². The molecule has 138 valence electrons. The van der Waals surface area contributed by atoms with E-state index in [0.29, 0.717) is 30.6 Å². The van der Waals surface area contributed by atoms with Crippen LogP contribution in [0.1, 0.15) is 28.2 Å². The highest BCUT2D eigenvalue weighted by Crippen LogP contribution is 2.23. The SMILES string of the molecule is Cc1ccc2oc(C(=O)N(C)C3CCN(Cc4ccccc4)C3=O)cc2n1. The van der Waals surface area contributed by atoms with Crippen LogP contribution in [-0.2, 0) is 11.3 Å². The molecule has 0 radical (unpaired) electrons. The number of nitrogens with zero attached hydrogens (tertiary/aromatic N) is 3. The topological polar surface area (TPSA) is 66.7 Å². The Morgan fingerprint density at radius 3 is 2.81 bits per heavy atom. The molecule has 0 bridgehead atoms. The molecule has 2 aromatic heterocycles. The summed E-state index contributed by atoms with van der Waals surface area (Å²) in [5.41, 5.74) is 3.16. The Labute approximate surface area is 157 Å². The third-order valence-corrected chi connectivity index (χ3v) is 5.00. The summed E-state index contributed by atoms with van der Waals surface area (Å²) in [5.74, 6) is -0.120. The summed E-state index contributed by atoms with van der Waals surface area (Å²) in [6.07, 6.45) is 0.617. The first kappa shape index (κ1) is 17.3. The minimum Gasteiger partial charge on any atom is -0.449 e. The highest BCUT2D eigenvalue weighted by molar-refractivity contribution is 5.98. The van der Waals surface area contributed by atoms with E-state index < -0.39 is 6.04 Å². The summed E-state index contributed by atoms with van der Waals surface area (Å²) in [5, 5.41) is 0. The molecule has 1 aliphatic heterocycles. The Balaban J connectivity index is 1.49. The number of aryl methyl sites for hydroxylation is 1. The van der Waals surface area contributed by atoms with Crippen molar-refractivity contribution < 1.29 is 14.0 Å². The van der Waals surface area contributed by atoms with Crippen LogP contribution >= 0.6 is 0 Å². The average Bonchev–Trinajstić information content (AvgIpc) is 3.25. The van der Waals surface area contributed by atoms with Crippen molar-refractivity contribution in [1.29, 1.82) is 0 Å². The van der Waals surface area contributed by atoms with Crippen molar-refractivity contribution in [3.05, 3.63) is 65.5 Å². The van der Waals surface area contributed by atoms with Crippen LogP contribution < -0.4 is 0 Å². The molecule has 1 aromatic carbocycles. The standard InChI is InChI=1S/C21H21N3O3/c1-14-8-9-18-16(22-14)12-19(27-18)21(26)23(2)17-10-11-24(20(17)25)13-15-6-4-3-5-7-15/h3-9,12,17H,10-11,13H2,1-2H3. The number of hydrogen-bond acceptors (Lipinski definition) is 4. The number of rotatable bonds is 4. The normalized spacial score (nSPS) is 16.9. The van der Waals surface area contributed by atoms with Gasteiger partial charge in [-0.1, -0.05) is 30.3 Å². The van der Waals surface area contributed by atoms with E-state index in [1.165, 1.54) is 4.90 Å². The first-order chi connectivity index (χ1) is 13.0. The Kier molecular flexibility index (Phi) is 4.39. The Morgan fingerprint density at radius 2 is 2.04 bits per heavy atom. The number of pyridine rings is 1. The zero-order valence-electron chi connectivity index (χ0n) is 15.4. The van der Waals surface area contributed by atoms with E-state index in [1.54, 1.807) is 24.1 Å². The number of furan rings is 1. The Morgan fingerprint density at radius 1 is 1.26 bits per heavy atom. The van der Waals surface area contributed by atoms with Gasteiger partial charge in [-0.2, -0.15) is 0 Å². The smallest absolute Gasteiger partial charge is 0.290 e. The summed E-state index contributed by atoms with van der Waals surface area (Å²) in [6, 6.07) is 14.7. The Bertz CT molecular complexity index is 996. The van der Waals surface area contributed by atoms with Gasteiger partial charge < -0.3 is 14.2 Å². The van der Waals surface area contributed by atoms with Crippen LogP contribution in [0.25, 0.3) is 11.1 Å². The van der Waals surface area contributed by atoms with Gasteiger partial charge in [0.05, 0.1) is 0 Å². The largest absolute Gasteiger partial charge is 0.449 e. The molecular formula is C21H21N3O3. The number of likely N-dealkylation sites (tertiary alicyclic amines) is 1. The van der Waals surface area contributed by atoms with Crippen molar-refractivity contribution in [3.63, 3.8) is 0 Å². The maximum atomic E-state index is 12.8. The average molecular weight is 363 g/mol. The second kappa shape index (κ2) is 6.87. The fourth-order valence-electron chi connectivity index (χ4n) is 3.49. The van der Waals surface area contributed by atoms with Crippen LogP contribution in [0.3, 0.4) is 0 Å². The van der Waals surface area contributed by atoms with Gasteiger partial charge >= 0.3 is 0 Å². The van der Waals surface area contributed by atoms with Gasteiger partial charge in [-0.3, -0.25) is 9.59 Å². The Hall–Kier alpha value is -3.15. The molecule has 1 atom stereocenters. The van der Waals surface area contributed by atoms with Crippen molar-refractivity contribution in [3.8, 4) is 0 Å². The van der Waals surface area contributed by atoms with Crippen LogP contribution in [0, 0.1) is 6.92 Å². The maximum absolute atomic E-state index is 12.8. The lowest BCUT2D eigenvalue weighted by Crippen LogP contribution is -2.42. The molecule has 2 amide bonds. The van der Waals surface area contributed by atoms with Crippen molar-refractivity contribution in [1.82, 2.24) is 14.8 Å². The first-order valence-corrected chi connectivity index (χ1v) is 9.00. The van der Waals surface area contributed by atoms with Crippen molar-refractivity contribution in [2.75, 3.05) is 13.6 Å². The van der Waals surface area contributed by atoms with E-state index in [0.717, 1.165) is 11.3 Å². The predicted molar refractivity (Wildman–Crippen MR) is 101 cm³/mol. The molecule has 4 rings (SSSR count). The highest BCUT2D eigenvalue weighted by atomic mass is 16.3. The summed E-state index contributed by atoms with van der Waals surface area (Å²) < 4.78 is 5.64. The van der Waals surface area contributed by atoms with E-state index in [9.17, 15) is 9.59 Å². The van der Waals surface area contributed by atoms with Crippen molar-refractivity contribution in [2.24, 2.45) is 0 Å². The van der Waals surface area contributed by atoms with Gasteiger partial charge in [0, 0.05) is 31.9 Å². The molecule has 1 saturated heterocycles. The number of likely N-dealkylation sites (N-methyl/N-ethyl adjacent to an activating group) is 1. The summed E-state index contributed by atoms with van der Waals surface area (Å²) >= 11 is 0. The lowest BCUT2D eigenvalue weighted by Gasteiger charge is -2.23. The third-order valence-electron chi connectivity index (χ3n) is 5.00. The van der Waals surface area contributed by atoms with Gasteiger partial charge in [0.15, 0.2) is 11.3 Å². The van der Waals surface area contributed by atoms with E-state index in [2.05, 4.69) is 4.98 Å². The molecule has 3 heterocycles. The monoisotopic (exact) mass is 363 g/mol. The van der Waals surface area contributed by atoms with Crippen LogP contribution in [0.15, 0.2) is 52.9 Å². The lowest BCUT2D eigenvalue weighted by molar-refractivity contribution is -0.131. The second-order valence-corrected chi connectivity index (χ2v) is 6.91. The number of carbonyl (C=O) groups is 2. The molecule has 6 nitrogen and oxygen atoms in total. The van der Waals surface area contributed by atoms with Gasteiger partial charge in [0.25, 0.3) is 5.91 Å². The van der Waals surface area contributed by atoms with Gasteiger partial charge in [-0.05, 0) is 31.0 Å². The minimum atomic E-state index is -0.468. The summed E-state index contributed by atoms with van der Waals surface area (Å²) in [6.45, 7) is 3.08. The lowest BCUT2D eigenvalue weighted by atomic mass is 10.2. The fraction of sp³-hybridized carbons (Fsp3) is 0.286. The molecular weight excluding hydrogens is 342 g/mol. The van der Waals surface area contributed by atoms with Gasteiger partial charge in [0.1, 0.15) is 11.6 Å². The molecule has 3 aromatic rings. The highest BCUT2D eigenvalue weighted by Gasteiger charge is 2.37. The molecule has 1 unspecified atom stereocenters. The van der Waals surface area contributed by atoms with Gasteiger partial charge in [-0.15, -0.1) is 0 Å². The first-order valence-electron chi connectivity index (χ1n) is 9.00. The molecule has 0 saturated carbocycles. The van der Waals surface area contributed by atoms with E-state index in [1.807, 2.05) is 43.3 Å². The second-order valence-electron chi connectivity index (χ2n) is 6.91. The molecule has 0 spiro atoms. The van der Waals surface area contributed by atoms with Crippen LogP contribution in [0.5, 0.6) is 0 Å². The number of amides is 2. The number of benzene rings is 1. The molecule has 1 aliphatic rings. The molecule has 1 fully saturated rings. The summed E-state index contributed by atoms with van der Waals surface area (Å²) in [4.78, 5) is 33.3. The fourth-order valence-corrected chi connectivity index (χ4v) is 3.49.